The van der Waals surface area contributed by atoms with Gasteiger partial charge in [0.15, 0.2) is 0 Å². The molecule has 2 heteroatoms. The predicted octanol–water partition coefficient (Wildman–Crippen LogP) is 5.59. The first-order valence-corrected chi connectivity index (χ1v) is 7.40. The van der Waals surface area contributed by atoms with E-state index in [1.165, 1.54) is 17.1 Å². The lowest BCUT2D eigenvalue weighted by Gasteiger charge is -2.25. The van der Waals surface area contributed by atoms with Gasteiger partial charge in [0.2, 0.25) is 0 Å². The Morgan fingerprint density at radius 3 is 1.05 bits per heavy atom. The minimum Gasteiger partial charge on any atom is -0.311 e. The van der Waals surface area contributed by atoms with Gasteiger partial charge in [-0.05, 0) is 43.3 Å². The highest BCUT2D eigenvalue weighted by molar-refractivity contribution is 5.76. The van der Waals surface area contributed by atoms with E-state index in [2.05, 4.69) is 77.7 Å². The lowest BCUT2D eigenvalue weighted by Crippen LogP contribution is -2.09. The minimum atomic E-state index is 0. The fourth-order valence-electron chi connectivity index (χ4n) is 2.18. The molecule has 0 N–H and O–H groups in total. The summed E-state index contributed by atoms with van der Waals surface area (Å²) in [7, 11) is 0. The molecule has 0 atom stereocenters. The molecule has 0 aliphatic rings. The summed E-state index contributed by atoms with van der Waals surface area (Å²) in [5, 5.41) is 8.93. The Kier molecular flexibility index (Phi) is 6.21. The van der Waals surface area contributed by atoms with Crippen molar-refractivity contribution in [3.8, 4) is 0 Å². The first kappa shape index (κ1) is 15.8. The quantitative estimate of drug-likeness (QED) is 0.616. The second-order valence-corrected chi connectivity index (χ2v) is 4.63. The molecule has 0 aromatic heterocycles. The molecule has 0 amide bonds. The highest BCUT2D eigenvalue weighted by Crippen LogP contribution is 2.33. The highest BCUT2D eigenvalue weighted by atomic mass is 16.2. The van der Waals surface area contributed by atoms with Gasteiger partial charge in [-0.1, -0.05) is 54.6 Å². The summed E-state index contributed by atoms with van der Waals surface area (Å²) in [4.78, 5) is 2.25. The zero-order chi connectivity index (χ0) is 15.6. The maximum absolute atomic E-state index is 8.93. The first-order chi connectivity index (χ1) is 10.9. The number of hydrogen-bond acceptors (Lipinski definition) is 1. The number of benzene rings is 3. The Hall–Kier alpha value is -2.58. The van der Waals surface area contributed by atoms with Gasteiger partial charge < -0.3 is 4.90 Å². The van der Waals surface area contributed by atoms with Gasteiger partial charge in [-0.2, -0.15) is 0 Å². The lowest BCUT2D eigenvalue weighted by molar-refractivity contribution is 0.212. The Bertz CT molecular complexity index is 544. The third-order valence-electron chi connectivity index (χ3n) is 3.04. The average Bonchev–Trinajstić information content (AvgIpc) is 2.59. The van der Waals surface area contributed by atoms with Crippen LogP contribution in [0.5, 0.6) is 0 Å². The fraction of sp³-hybridized carbons (Fsp3) is 0.100. The number of hydrogen-bond donors (Lipinski definition) is 0. The highest BCUT2D eigenvalue weighted by Gasteiger charge is 2.10. The third-order valence-corrected chi connectivity index (χ3v) is 3.04. The van der Waals surface area contributed by atoms with Crippen LogP contribution in [-0.2, 0) is 5.11 Å². The molecular formula is C20H20NO. The van der Waals surface area contributed by atoms with Crippen LogP contribution in [0.3, 0.4) is 0 Å². The molecule has 0 aliphatic carbocycles. The van der Waals surface area contributed by atoms with Crippen molar-refractivity contribution in [2.45, 2.75) is 6.92 Å². The molecule has 2 nitrogen and oxygen atoms in total. The molecule has 111 valence electrons. The predicted molar refractivity (Wildman–Crippen MR) is 92.4 cm³/mol. The van der Waals surface area contributed by atoms with E-state index in [-0.39, 0.29) is 6.61 Å². The van der Waals surface area contributed by atoms with E-state index in [0.29, 0.717) is 0 Å². The molecule has 0 fully saturated rings. The van der Waals surface area contributed by atoms with Gasteiger partial charge in [0.25, 0.3) is 0 Å². The van der Waals surface area contributed by atoms with Gasteiger partial charge in [-0.3, -0.25) is 0 Å². The molecule has 3 aromatic carbocycles. The van der Waals surface area contributed by atoms with E-state index in [0.717, 1.165) is 0 Å². The monoisotopic (exact) mass is 290 g/mol. The number of rotatable bonds is 3. The van der Waals surface area contributed by atoms with Crippen LogP contribution in [0.1, 0.15) is 6.92 Å². The standard InChI is InChI=1S/C18H15N.C2H5O/c1-4-10-16(11-5-1)19(17-12-6-2-7-13-17)18-14-8-3-9-15-18;1-2-3/h1-15H;2H2,1H3. The lowest BCUT2D eigenvalue weighted by atomic mass is 10.2. The Morgan fingerprint density at radius 1 is 0.591 bits per heavy atom. The molecular weight excluding hydrogens is 270 g/mol. The minimum absolute atomic E-state index is 0. The fourth-order valence-corrected chi connectivity index (χ4v) is 2.18. The SMILES string of the molecule is CC[O].c1ccc(N(c2ccccc2)c2ccccc2)cc1. The van der Waals surface area contributed by atoms with E-state index < -0.39 is 0 Å². The van der Waals surface area contributed by atoms with Crippen molar-refractivity contribution in [3.05, 3.63) is 91.0 Å². The van der Waals surface area contributed by atoms with Crippen LogP contribution in [0, 0.1) is 0 Å². The van der Waals surface area contributed by atoms with Crippen LogP contribution in [0.15, 0.2) is 91.0 Å². The zero-order valence-electron chi connectivity index (χ0n) is 12.7. The summed E-state index contributed by atoms with van der Waals surface area (Å²) in [6, 6.07) is 31.3. The van der Waals surface area contributed by atoms with Crippen molar-refractivity contribution in [1.82, 2.24) is 0 Å². The smallest absolute Gasteiger partial charge is 0.0794 e. The zero-order valence-corrected chi connectivity index (χ0v) is 12.7. The van der Waals surface area contributed by atoms with E-state index in [1.807, 2.05) is 18.2 Å². The topological polar surface area (TPSA) is 23.1 Å². The Labute approximate surface area is 132 Å². The van der Waals surface area contributed by atoms with Gasteiger partial charge in [-0.15, -0.1) is 0 Å². The van der Waals surface area contributed by atoms with Crippen LogP contribution in [0.25, 0.3) is 0 Å². The summed E-state index contributed by atoms with van der Waals surface area (Å²) in [5.41, 5.74) is 3.50. The van der Waals surface area contributed by atoms with Crippen LogP contribution in [0.2, 0.25) is 0 Å². The van der Waals surface area contributed by atoms with Crippen LogP contribution in [-0.4, -0.2) is 6.61 Å². The largest absolute Gasteiger partial charge is 0.311 e. The third kappa shape index (κ3) is 4.21. The maximum Gasteiger partial charge on any atom is 0.0794 e. The van der Waals surface area contributed by atoms with Crippen LogP contribution < -0.4 is 4.90 Å². The Morgan fingerprint density at radius 2 is 0.818 bits per heavy atom. The van der Waals surface area contributed by atoms with E-state index in [1.54, 1.807) is 6.92 Å². The molecule has 0 aliphatic heterocycles. The van der Waals surface area contributed by atoms with Crippen molar-refractivity contribution >= 4 is 17.1 Å². The van der Waals surface area contributed by atoms with Gasteiger partial charge in [0.05, 0.1) is 6.61 Å². The van der Waals surface area contributed by atoms with E-state index in [4.69, 9.17) is 5.11 Å². The first-order valence-electron chi connectivity index (χ1n) is 7.40. The van der Waals surface area contributed by atoms with Gasteiger partial charge in [-0.25, -0.2) is 5.11 Å². The number of nitrogens with zero attached hydrogens (tertiary/aromatic N) is 1. The summed E-state index contributed by atoms with van der Waals surface area (Å²) in [5.74, 6) is 0. The second kappa shape index (κ2) is 8.65. The summed E-state index contributed by atoms with van der Waals surface area (Å²) >= 11 is 0. The molecule has 0 bridgehead atoms. The van der Waals surface area contributed by atoms with Crippen molar-refractivity contribution in [2.24, 2.45) is 0 Å². The average molecular weight is 290 g/mol. The van der Waals surface area contributed by atoms with Gasteiger partial charge in [0.1, 0.15) is 0 Å². The molecule has 3 aromatic rings. The molecule has 0 saturated carbocycles. The van der Waals surface area contributed by atoms with Crippen LogP contribution in [0.4, 0.5) is 17.1 Å². The van der Waals surface area contributed by atoms with Gasteiger partial charge >= 0.3 is 0 Å². The van der Waals surface area contributed by atoms with Crippen molar-refractivity contribution in [3.63, 3.8) is 0 Å². The Balaban J connectivity index is 0.000000545. The molecule has 0 saturated heterocycles. The van der Waals surface area contributed by atoms with Crippen molar-refractivity contribution in [2.75, 3.05) is 11.5 Å². The summed E-state index contributed by atoms with van der Waals surface area (Å²) in [6.07, 6.45) is 0. The molecule has 1 radical (unpaired) electrons. The number of para-hydroxylation sites is 3. The van der Waals surface area contributed by atoms with Gasteiger partial charge in [0, 0.05) is 17.1 Å². The maximum atomic E-state index is 8.93. The van der Waals surface area contributed by atoms with Crippen molar-refractivity contribution in [1.29, 1.82) is 0 Å². The van der Waals surface area contributed by atoms with Crippen molar-refractivity contribution < 1.29 is 5.11 Å². The van der Waals surface area contributed by atoms with E-state index in [9.17, 15) is 0 Å². The molecule has 0 unspecified atom stereocenters. The summed E-state index contributed by atoms with van der Waals surface area (Å²) in [6.45, 7) is 1.57. The van der Waals surface area contributed by atoms with Crippen LogP contribution >= 0.6 is 0 Å². The molecule has 3 rings (SSSR count). The van der Waals surface area contributed by atoms with E-state index >= 15 is 0 Å². The normalized spacial score (nSPS) is 9.55. The second-order valence-electron chi connectivity index (χ2n) is 4.63. The molecule has 0 spiro atoms. The number of anilines is 3. The molecule has 0 heterocycles. The molecule has 22 heavy (non-hydrogen) atoms. The summed E-state index contributed by atoms with van der Waals surface area (Å²) < 4.78 is 0.